The fraction of sp³-hybridized carbons (Fsp3) is 0.944. The Morgan fingerprint density at radius 2 is 1.24 bits per heavy atom. The minimum absolute atomic E-state index is 0.842. The second-order valence-corrected chi connectivity index (χ2v) is 8.36. The van der Waals surface area contributed by atoms with Crippen LogP contribution in [0.3, 0.4) is 0 Å². The van der Waals surface area contributed by atoms with Gasteiger partial charge in [0, 0.05) is 0 Å². The molecule has 0 aromatic rings. The Labute approximate surface area is 192 Å². The lowest BCUT2D eigenvalue weighted by Crippen LogP contribution is -2.66. The number of ether oxygens (including phenoxy) is 5. The van der Waals surface area contributed by atoms with Crippen molar-refractivity contribution in [2.75, 3.05) is 6.61 Å². The van der Waals surface area contributed by atoms with Crippen molar-refractivity contribution in [3.8, 4) is 0 Å². The van der Waals surface area contributed by atoms with Crippen LogP contribution in [-0.4, -0.2) is 156 Å². The second kappa shape index (κ2) is 10.9. The molecule has 198 valence electrons. The molecule has 16 nitrogen and oxygen atoms in total. The number of aliphatic hydroxyl groups is 9. The van der Waals surface area contributed by atoms with Gasteiger partial charge >= 0.3 is 5.97 Å². The molecule has 3 saturated heterocycles. The van der Waals surface area contributed by atoms with Gasteiger partial charge < -0.3 is 74.7 Å². The van der Waals surface area contributed by atoms with Crippen molar-refractivity contribution in [1.29, 1.82) is 0 Å². The van der Waals surface area contributed by atoms with Gasteiger partial charge in [0.2, 0.25) is 0 Å². The van der Waals surface area contributed by atoms with E-state index in [-0.39, 0.29) is 0 Å². The van der Waals surface area contributed by atoms with Gasteiger partial charge in [-0.3, -0.25) is 0 Å². The summed E-state index contributed by atoms with van der Waals surface area (Å²) in [6.45, 7) is 0.541. The first kappa shape index (κ1) is 27.5. The highest BCUT2D eigenvalue weighted by molar-refractivity contribution is 5.73. The molecule has 3 fully saturated rings. The van der Waals surface area contributed by atoms with Gasteiger partial charge in [0.25, 0.3) is 0 Å². The largest absolute Gasteiger partial charge is 0.479 e. The highest BCUT2D eigenvalue weighted by Crippen LogP contribution is 2.32. The number of aliphatic hydroxyl groups excluding tert-OH is 9. The number of rotatable bonds is 6. The van der Waals surface area contributed by atoms with Gasteiger partial charge in [-0.1, -0.05) is 0 Å². The normalized spacial score (nSPS) is 52.4. The van der Waals surface area contributed by atoms with E-state index >= 15 is 0 Å². The van der Waals surface area contributed by atoms with Gasteiger partial charge in [-0.25, -0.2) is 4.79 Å². The summed E-state index contributed by atoms with van der Waals surface area (Å²) in [7, 11) is 0. The van der Waals surface area contributed by atoms with Crippen LogP contribution in [0, 0.1) is 0 Å². The molecule has 0 spiro atoms. The molecule has 3 aliphatic rings. The van der Waals surface area contributed by atoms with Gasteiger partial charge in [0.15, 0.2) is 25.0 Å². The number of carbonyl (C=O) groups is 1. The Balaban J connectivity index is 1.74. The summed E-state index contributed by atoms with van der Waals surface area (Å²) in [5.41, 5.74) is 0. The zero-order valence-corrected chi connectivity index (χ0v) is 17.8. The SMILES string of the molecule is C[C@@H]1O[C@@H](O[C@H]2[C@H](O)[C@@H](O)[C@H](O[C@H]3[C@H](O)[C@@H](O)[C@H](O)O[C@@H]3C(=O)O)O[C@@H]2CO)[C@H](O)[C@H](O)[C@H]1O. The fourth-order valence-electron chi connectivity index (χ4n) is 3.97. The first-order valence-corrected chi connectivity index (χ1v) is 10.4. The molecule has 0 unspecified atom stereocenters. The molecule has 10 N–H and O–H groups in total. The number of carboxylic acid groups (broad SMARTS) is 1. The van der Waals surface area contributed by atoms with Crippen molar-refractivity contribution in [1.82, 2.24) is 0 Å². The summed E-state index contributed by atoms with van der Waals surface area (Å²) in [6.07, 6.45) is -26.1. The summed E-state index contributed by atoms with van der Waals surface area (Å²) in [6, 6.07) is 0. The fourth-order valence-corrected chi connectivity index (χ4v) is 3.97. The maximum Gasteiger partial charge on any atom is 0.335 e. The van der Waals surface area contributed by atoms with Gasteiger partial charge in [-0.05, 0) is 6.92 Å². The molecular weight excluding hydrogens is 472 g/mol. The van der Waals surface area contributed by atoms with E-state index in [0.717, 1.165) is 0 Å². The number of carboxylic acids is 1. The van der Waals surface area contributed by atoms with E-state index in [4.69, 9.17) is 23.7 Å². The lowest BCUT2D eigenvalue weighted by Gasteiger charge is -2.47. The molecule has 16 heteroatoms. The predicted molar refractivity (Wildman–Crippen MR) is 100 cm³/mol. The minimum atomic E-state index is -2.04. The molecule has 0 bridgehead atoms. The summed E-state index contributed by atoms with van der Waals surface area (Å²) in [5.74, 6) is -1.68. The number of hydrogen-bond acceptors (Lipinski definition) is 15. The van der Waals surface area contributed by atoms with Crippen LogP contribution in [0.5, 0.6) is 0 Å². The van der Waals surface area contributed by atoms with E-state index in [1.165, 1.54) is 6.92 Å². The summed E-state index contributed by atoms with van der Waals surface area (Å²) < 4.78 is 26.1. The summed E-state index contributed by atoms with van der Waals surface area (Å²) in [4.78, 5) is 11.5. The van der Waals surface area contributed by atoms with E-state index in [0.29, 0.717) is 0 Å². The average molecular weight is 502 g/mol. The Bertz CT molecular complexity index is 693. The van der Waals surface area contributed by atoms with Crippen molar-refractivity contribution >= 4 is 5.97 Å². The number of hydrogen-bond donors (Lipinski definition) is 10. The van der Waals surface area contributed by atoms with Crippen LogP contribution in [-0.2, 0) is 28.5 Å². The molecule has 0 aliphatic carbocycles. The molecule has 3 heterocycles. The van der Waals surface area contributed by atoms with Gasteiger partial charge in [0.1, 0.15) is 61.0 Å². The molecule has 0 radical (unpaired) electrons. The maximum absolute atomic E-state index is 11.5. The molecule has 0 aromatic heterocycles. The molecule has 15 atom stereocenters. The molecular formula is C18H30O16. The van der Waals surface area contributed by atoms with Crippen molar-refractivity contribution in [2.45, 2.75) is 99.0 Å². The topological polar surface area (TPSA) is 266 Å². The smallest absolute Gasteiger partial charge is 0.335 e. The molecule has 0 saturated carbocycles. The van der Waals surface area contributed by atoms with Gasteiger partial charge in [0.05, 0.1) is 12.7 Å². The average Bonchev–Trinajstić information content (AvgIpc) is 2.80. The van der Waals surface area contributed by atoms with E-state index in [2.05, 4.69) is 0 Å². The Kier molecular flexibility index (Phi) is 8.81. The number of aliphatic carboxylic acids is 1. The van der Waals surface area contributed by atoms with Gasteiger partial charge in [-0.15, -0.1) is 0 Å². The van der Waals surface area contributed by atoms with Crippen molar-refractivity contribution in [3.05, 3.63) is 0 Å². The van der Waals surface area contributed by atoms with Crippen LogP contribution in [0.1, 0.15) is 6.92 Å². The van der Waals surface area contributed by atoms with Crippen molar-refractivity contribution < 1.29 is 79.5 Å². The highest BCUT2D eigenvalue weighted by atomic mass is 16.8. The quantitative estimate of drug-likeness (QED) is 0.162. The first-order chi connectivity index (χ1) is 15.9. The standard InChI is InChI=1S/C18H30O16/c1-3-5(20)6(21)10(25)17(30-3)33-12-4(2-19)31-18(11(26)8(12)23)34-13-7(22)9(24)16(29)32-14(13)15(27)28/h3-14,16-26,29H,2H2,1H3,(H,27,28)/t3-,4+,5-,6+,7+,8+,9+,10+,11+,12+,13-,14-,16+,17-,18-/m0/s1. The van der Waals surface area contributed by atoms with Crippen molar-refractivity contribution in [2.24, 2.45) is 0 Å². The molecule has 3 aliphatic heterocycles. The zero-order valence-electron chi connectivity index (χ0n) is 17.8. The Morgan fingerprint density at radius 1 is 0.706 bits per heavy atom. The molecule has 34 heavy (non-hydrogen) atoms. The van der Waals surface area contributed by atoms with Gasteiger partial charge in [-0.2, -0.15) is 0 Å². The lowest BCUT2D eigenvalue weighted by molar-refractivity contribution is -0.374. The van der Waals surface area contributed by atoms with Crippen LogP contribution in [0.4, 0.5) is 0 Å². The third kappa shape index (κ3) is 5.20. The van der Waals surface area contributed by atoms with Crippen molar-refractivity contribution in [3.63, 3.8) is 0 Å². The monoisotopic (exact) mass is 502 g/mol. The Hall–Kier alpha value is -1.09. The highest BCUT2D eigenvalue weighted by Gasteiger charge is 2.54. The van der Waals surface area contributed by atoms with E-state index in [1.54, 1.807) is 0 Å². The molecule has 0 aromatic carbocycles. The predicted octanol–water partition coefficient (Wildman–Crippen LogP) is -6.45. The van der Waals surface area contributed by atoms with Crippen LogP contribution in [0.25, 0.3) is 0 Å². The van der Waals surface area contributed by atoms with Crippen LogP contribution in [0.15, 0.2) is 0 Å². The second-order valence-electron chi connectivity index (χ2n) is 8.36. The van der Waals surface area contributed by atoms with E-state index in [1.807, 2.05) is 0 Å². The third-order valence-corrected chi connectivity index (χ3v) is 6.02. The van der Waals surface area contributed by atoms with Crippen LogP contribution < -0.4 is 0 Å². The minimum Gasteiger partial charge on any atom is -0.479 e. The summed E-state index contributed by atoms with van der Waals surface area (Å²) >= 11 is 0. The lowest BCUT2D eigenvalue weighted by atomic mass is 9.96. The zero-order chi connectivity index (χ0) is 25.5. The van der Waals surface area contributed by atoms with Crippen LogP contribution >= 0.6 is 0 Å². The van der Waals surface area contributed by atoms with E-state index in [9.17, 15) is 55.9 Å². The van der Waals surface area contributed by atoms with E-state index < -0.39 is 105 Å². The maximum atomic E-state index is 11.5. The molecule has 3 rings (SSSR count). The summed E-state index contributed by atoms with van der Waals surface area (Å²) in [5, 5.41) is 99.4. The first-order valence-electron chi connectivity index (χ1n) is 10.4. The third-order valence-electron chi connectivity index (χ3n) is 6.02. The Morgan fingerprint density at radius 3 is 1.82 bits per heavy atom. The van der Waals surface area contributed by atoms with Crippen LogP contribution in [0.2, 0.25) is 0 Å². The molecule has 0 amide bonds.